The molecule has 1 aromatic heterocycles. The maximum absolute atomic E-state index is 12.5. The number of nitrogens with one attached hydrogen (secondary N) is 1. The first-order chi connectivity index (χ1) is 14.6. The van der Waals surface area contributed by atoms with Crippen LogP contribution in [0.25, 0.3) is 0 Å². The Morgan fingerprint density at radius 1 is 1.10 bits per heavy atom. The summed E-state index contributed by atoms with van der Waals surface area (Å²) in [5.74, 6) is 0.0959. The number of rotatable bonds is 9. The van der Waals surface area contributed by atoms with Crippen LogP contribution in [0, 0.1) is 0 Å². The van der Waals surface area contributed by atoms with Gasteiger partial charge in [-0.2, -0.15) is 5.10 Å². The van der Waals surface area contributed by atoms with Gasteiger partial charge in [0.05, 0.1) is 0 Å². The van der Waals surface area contributed by atoms with Gasteiger partial charge < -0.3 is 5.32 Å². The lowest BCUT2D eigenvalue weighted by Gasteiger charge is -2.39. The normalized spacial score (nSPS) is 14.6. The van der Waals surface area contributed by atoms with Crippen LogP contribution in [-0.2, 0) is 30.7 Å². The highest BCUT2D eigenvalue weighted by Gasteiger charge is 2.40. The average molecular weight is 404 g/mol. The van der Waals surface area contributed by atoms with Crippen LogP contribution in [0.5, 0.6) is 0 Å². The Morgan fingerprint density at radius 3 is 2.47 bits per heavy atom. The molecule has 6 nitrogen and oxygen atoms in total. The van der Waals surface area contributed by atoms with E-state index in [1.54, 1.807) is 11.0 Å². The lowest BCUT2D eigenvalue weighted by atomic mass is 9.92. The van der Waals surface area contributed by atoms with E-state index in [1.807, 2.05) is 6.07 Å². The molecule has 0 bridgehead atoms. The Hall–Kier alpha value is -2.99. The van der Waals surface area contributed by atoms with Gasteiger partial charge in [0.2, 0.25) is 5.91 Å². The van der Waals surface area contributed by atoms with Crippen molar-refractivity contribution in [3.05, 3.63) is 83.9 Å². The number of carbonyl (C=O) groups is 1. The van der Waals surface area contributed by atoms with Gasteiger partial charge in [-0.15, -0.1) is 0 Å². The molecule has 1 aliphatic carbocycles. The lowest BCUT2D eigenvalue weighted by Crippen LogP contribution is -2.54. The maximum atomic E-state index is 12.5. The molecule has 4 rings (SSSR count). The number of fused-ring (bicyclic) bond motifs is 1. The van der Waals surface area contributed by atoms with Gasteiger partial charge in [-0.1, -0.05) is 54.6 Å². The molecule has 1 heterocycles. The zero-order chi connectivity index (χ0) is 20.8. The molecule has 1 N–H and O–H groups in total. The smallest absolute Gasteiger partial charge is 0.220 e. The second-order valence-corrected chi connectivity index (χ2v) is 8.23. The zero-order valence-corrected chi connectivity index (χ0v) is 17.5. The minimum Gasteiger partial charge on any atom is -0.354 e. The summed E-state index contributed by atoms with van der Waals surface area (Å²) in [5.41, 5.74) is 3.95. The highest BCUT2D eigenvalue weighted by Crippen LogP contribution is 2.34. The van der Waals surface area contributed by atoms with Crippen LogP contribution in [0.15, 0.2) is 67.3 Å². The Kier molecular flexibility index (Phi) is 6.23. The van der Waals surface area contributed by atoms with E-state index >= 15 is 0 Å². The molecular formula is C24H29N5O. The molecule has 1 aliphatic rings. The lowest BCUT2D eigenvalue weighted by molar-refractivity contribution is -0.121. The number of aryl methyl sites for hydroxylation is 1. The summed E-state index contributed by atoms with van der Waals surface area (Å²) >= 11 is 0. The van der Waals surface area contributed by atoms with Gasteiger partial charge in [-0.3, -0.25) is 14.4 Å². The molecule has 0 radical (unpaired) electrons. The van der Waals surface area contributed by atoms with E-state index in [1.165, 1.54) is 23.0 Å². The van der Waals surface area contributed by atoms with Crippen LogP contribution < -0.4 is 5.32 Å². The third-order valence-corrected chi connectivity index (χ3v) is 6.10. The van der Waals surface area contributed by atoms with Gasteiger partial charge in [0.1, 0.15) is 12.7 Å². The first kappa shape index (κ1) is 20.3. The number of carbonyl (C=O) groups excluding carboxylic acids is 1. The Balaban J connectivity index is 1.40. The van der Waals surface area contributed by atoms with Gasteiger partial charge in [0.25, 0.3) is 0 Å². The molecular weight excluding hydrogens is 374 g/mol. The van der Waals surface area contributed by atoms with Crippen molar-refractivity contribution in [1.29, 1.82) is 0 Å². The third-order valence-electron chi connectivity index (χ3n) is 6.10. The number of hydrogen-bond donors (Lipinski definition) is 1. The summed E-state index contributed by atoms with van der Waals surface area (Å²) in [5, 5.41) is 7.31. The van der Waals surface area contributed by atoms with E-state index in [4.69, 9.17) is 0 Å². The summed E-state index contributed by atoms with van der Waals surface area (Å²) in [6.07, 6.45) is 6.34. The van der Waals surface area contributed by atoms with Crippen molar-refractivity contribution in [3.8, 4) is 0 Å². The SMILES string of the molecule is CN(Cc1ccccc1)C1(CNC(=O)CCCn2cncn2)Cc2ccccc2C1. The van der Waals surface area contributed by atoms with E-state index in [0.717, 1.165) is 25.8 Å². The molecule has 6 heteroatoms. The number of nitrogens with zero attached hydrogens (tertiary/aromatic N) is 4. The molecule has 156 valence electrons. The quantitative estimate of drug-likeness (QED) is 0.597. The van der Waals surface area contributed by atoms with Gasteiger partial charge >= 0.3 is 0 Å². The highest BCUT2D eigenvalue weighted by molar-refractivity contribution is 5.76. The van der Waals surface area contributed by atoms with Gasteiger partial charge in [-0.25, -0.2) is 4.98 Å². The average Bonchev–Trinajstić information content (AvgIpc) is 3.41. The number of hydrogen-bond acceptors (Lipinski definition) is 4. The molecule has 0 atom stereocenters. The Labute approximate surface area is 177 Å². The van der Waals surface area contributed by atoms with E-state index in [-0.39, 0.29) is 11.4 Å². The molecule has 0 spiro atoms. The minimum atomic E-state index is -0.110. The number of amides is 1. The summed E-state index contributed by atoms with van der Waals surface area (Å²) in [6, 6.07) is 19.2. The Bertz CT molecular complexity index is 930. The summed E-state index contributed by atoms with van der Waals surface area (Å²) < 4.78 is 1.76. The molecule has 30 heavy (non-hydrogen) atoms. The molecule has 0 fully saturated rings. The van der Waals surface area contributed by atoms with E-state index in [9.17, 15) is 4.79 Å². The summed E-state index contributed by atoms with van der Waals surface area (Å²) in [6.45, 7) is 2.21. The third kappa shape index (κ3) is 4.76. The predicted octanol–water partition coefficient (Wildman–Crippen LogP) is 2.84. The first-order valence-electron chi connectivity index (χ1n) is 10.6. The second kappa shape index (κ2) is 9.22. The van der Waals surface area contributed by atoms with E-state index in [2.05, 4.69) is 75.9 Å². The molecule has 1 amide bonds. The van der Waals surface area contributed by atoms with Crippen LogP contribution in [0.2, 0.25) is 0 Å². The molecule has 2 aromatic carbocycles. The van der Waals surface area contributed by atoms with Crippen molar-refractivity contribution >= 4 is 5.91 Å². The number of likely N-dealkylation sites (N-methyl/N-ethyl adjacent to an activating group) is 1. The topological polar surface area (TPSA) is 63.1 Å². The standard InChI is InChI=1S/C24H29N5O/c1-28(16-20-8-3-2-4-9-20)24(14-21-10-5-6-11-22(21)15-24)17-26-23(30)12-7-13-29-19-25-18-27-29/h2-6,8-11,18-19H,7,12-17H2,1H3,(H,26,30). The van der Waals surface area contributed by atoms with Crippen LogP contribution in [-0.4, -0.2) is 44.7 Å². The van der Waals surface area contributed by atoms with E-state index < -0.39 is 0 Å². The van der Waals surface area contributed by atoms with Gasteiger partial charge in [-0.05, 0) is 43.0 Å². The van der Waals surface area contributed by atoms with Crippen LogP contribution >= 0.6 is 0 Å². The number of aromatic nitrogens is 3. The molecule has 0 saturated carbocycles. The fourth-order valence-corrected chi connectivity index (χ4v) is 4.33. The summed E-state index contributed by atoms with van der Waals surface area (Å²) in [7, 11) is 2.18. The fraction of sp³-hybridized carbons (Fsp3) is 0.375. The highest BCUT2D eigenvalue weighted by atomic mass is 16.1. The molecule has 3 aromatic rings. The number of benzene rings is 2. The fourth-order valence-electron chi connectivity index (χ4n) is 4.33. The second-order valence-electron chi connectivity index (χ2n) is 8.23. The zero-order valence-electron chi connectivity index (χ0n) is 17.5. The van der Waals surface area contributed by atoms with Gasteiger partial charge in [0.15, 0.2) is 0 Å². The summed E-state index contributed by atoms with van der Waals surface area (Å²) in [4.78, 5) is 18.9. The molecule has 0 aliphatic heterocycles. The van der Waals surface area contributed by atoms with E-state index in [0.29, 0.717) is 19.5 Å². The van der Waals surface area contributed by atoms with Crippen molar-refractivity contribution in [3.63, 3.8) is 0 Å². The van der Waals surface area contributed by atoms with Crippen LogP contribution in [0.1, 0.15) is 29.5 Å². The first-order valence-corrected chi connectivity index (χ1v) is 10.6. The van der Waals surface area contributed by atoms with Crippen molar-refractivity contribution in [1.82, 2.24) is 25.0 Å². The Morgan fingerprint density at radius 2 is 1.80 bits per heavy atom. The predicted molar refractivity (Wildman–Crippen MR) is 117 cm³/mol. The van der Waals surface area contributed by atoms with Crippen molar-refractivity contribution in [2.45, 2.75) is 44.3 Å². The molecule has 0 saturated heterocycles. The van der Waals surface area contributed by atoms with Crippen LogP contribution in [0.3, 0.4) is 0 Å². The monoisotopic (exact) mass is 403 g/mol. The largest absolute Gasteiger partial charge is 0.354 e. The van der Waals surface area contributed by atoms with Crippen molar-refractivity contribution < 1.29 is 4.79 Å². The van der Waals surface area contributed by atoms with Crippen molar-refractivity contribution in [2.75, 3.05) is 13.6 Å². The minimum absolute atomic E-state index is 0.0959. The maximum Gasteiger partial charge on any atom is 0.220 e. The van der Waals surface area contributed by atoms with Crippen LogP contribution in [0.4, 0.5) is 0 Å². The van der Waals surface area contributed by atoms with Crippen molar-refractivity contribution in [2.24, 2.45) is 0 Å². The molecule has 0 unspecified atom stereocenters. The van der Waals surface area contributed by atoms with Gasteiger partial charge in [0, 0.05) is 31.6 Å².